The zero-order chi connectivity index (χ0) is 16.1. The molecule has 0 atom stereocenters. The lowest BCUT2D eigenvalue weighted by molar-refractivity contribution is 0.804. The molecule has 2 N–H and O–H groups in total. The Morgan fingerprint density at radius 1 is 1.05 bits per heavy atom. The van der Waals surface area contributed by atoms with E-state index >= 15 is 0 Å². The van der Waals surface area contributed by atoms with Crippen LogP contribution in [-0.2, 0) is 6.42 Å². The molecule has 0 saturated heterocycles. The van der Waals surface area contributed by atoms with E-state index in [1.807, 2.05) is 19.9 Å². The average molecular weight is 340 g/mol. The number of nitrogens with one attached hydrogen (secondary N) is 2. The molecule has 2 rings (SSSR count). The first-order chi connectivity index (χ1) is 10.5. The molecule has 0 aliphatic carbocycles. The van der Waals surface area contributed by atoms with Gasteiger partial charge in [0.05, 0.1) is 10.0 Å². The third-order valence-electron chi connectivity index (χ3n) is 2.75. The highest BCUT2D eigenvalue weighted by molar-refractivity contribution is 6.42. The molecule has 5 nitrogen and oxygen atoms in total. The Morgan fingerprint density at radius 3 is 2.41 bits per heavy atom. The molecule has 0 saturated carbocycles. The molecule has 0 amide bonds. The maximum Gasteiger partial charge on any atom is 0.232 e. The van der Waals surface area contributed by atoms with Gasteiger partial charge in [-0.25, -0.2) is 0 Å². The second-order valence-corrected chi connectivity index (χ2v) is 6.02. The van der Waals surface area contributed by atoms with Crippen LogP contribution in [0, 0.1) is 0 Å². The topological polar surface area (TPSA) is 62.7 Å². The maximum atomic E-state index is 6.02. The van der Waals surface area contributed by atoms with Crippen molar-refractivity contribution in [1.82, 2.24) is 15.0 Å². The second kappa shape index (κ2) is 7.61. The van der Waals surface area contributed by atoms with E-state index in [1.54, 1.807) is 12.1 Å². The molecule has 1 aromatic heterocycles. The van der Waals surface area contributed by atoms with E-state index in [-0.39, 0.29) is 6.04 Å². The lowest BCUT2D eigenvalue weighted by atomic mass is 10.3. The van der Waals surface area contributed by atoms with Gasteiger partial charge < -0.3 is 10.6 Å². The smallest absolute Gasteiger partial charge is 0.232 e. The van der Waals surface area contributed by atoms with Crippen molar-refractivity contribution in [2.45, 2.75) is 39.7 Å². The Bertz CT molecular complexity index is 646. The molecule has 22 heavy (non-hydrogen) atoms. The predicted molar refractivity (Wildman–Crippen MR) is 92.3 cm³/mol. The molecule has 0 aliphatic heterocycles. The molecule has 0 aliphatic rings. The van der Waals surface area contributed by atoms with Crippen molar-refractivity contribution in [2.75, 3.05) is 10.6 Å². The van der Waals surface area contributed by atoms with Crippen LogP contribution < -0.4 is 10.6 Å². The first kappa shape index (κ1) is 16.8. The van der Waals surface area contributed by atoms with Gasteiger partial charge in [-0.3, -0.25) is 0 Å². The first-order valence-corrected chi connectivity index (χ1v) is 7.97. The molecular weight excluding hydrogens is 321 g/mol. The van der Waals surface area contributed by atoms with Crippen LogP contribution in [0.25, 0.3) is 0 Å². The monoisotopic (exact) mass is 339 g/mol. The molecular formula is C15H19Cl2N5. The van der Waals surface area contributed by atoms with Gasteiger partial charge in [0.15, 0.2) is 0 Å². The van der Waals surface area contributed by atoms with Crippen LogP contribution in [-0.4, -0.2) is 21.0 Å². The van der Waals surface area contributed by atoms with Crippen LogP contribution in [0.4, 0.5) is 17.6 Å². The van der Waals surface area contributed by atoms with Crippen molar-refractivity contribution in [3.8, 4) is 0 Å². The van der Waals surface area contributed by atoms with Gasteiger partial charge in [-0.1, -0.05) is 30.1 Å². The fraction of sp³-hybridized carbons (Fsp3) is 0.400. The highest BCUT2D eigenvalue weighted by atomic mass is 35.5. The molecule has 0 unspecified atom stereocenters. The van der Waals surface area contributed by atoms with Gasteiger partial charge in [0.25, 0.3) is 0 Å². The van der Waals surface area contributed by atoms with Crippen molar-refractivity contribution >= 4 is 40.8 Å². The largest absolute Gasteiger partial charge is 0.352 e. The van der Waals surface area contributed by atoms with E-state index in [0.29, 0.717) is 21.9 Å². The van der Waals surface area contributed by atoms with E-state index in [9.17, 15) is 0 Å². The van der Waals surface area contributed by atoms with E-state index in [4.69, 9.17) is 23.2 Å². The summed E-state index contributed by atoms with van der Waals surface area (Å²) in [5, 5.41) is 7.33. The number of nitrogens with zero attached hydrogens (tertiary/aromatic N) is 3. The van der Waals surface area contributed by atoms with Crippen molar-refractivity contribution < 1.29 is 0 Å². The molecule has 7 heteroatoms. The Hall–Kier alpha value is -1.59. The number of aryl methyl sites for hydroxylation is 1. The number of hydrogen-bond donors (Lipinski definition) is 2. The van der Waals surface area contributed by atoms with E-state index in [0.717, 1.165) is 24.4 Å². The molecule has 0 fully saturated rings. The quantitative estimate of drug-likeness (QED) is 0.798. The highest BCUT2D eigenvalue weighted by Gasteiger charge is 2.08. The summed E-state index contributed by atoms with van der Waals surface area (Å²) in [4.78, 5) is 13.2. The lowest BCUT2D eigenvalue weighted by Crippen LogP contribution is -2.15. The summed E-state index contributed by atoms with van der Waals surface area (Å²) in [5.41, 5.74) is 0.776. The standard InChI is InChI=1S/C15H19Cl2N5/c1-4-5-13-20-14(18-9(2)3)22-15(21-13)19-10-6-7-11(16)12(17)8-10/h6-9H,4-5H2,1-3H3,(H2,18,19,20,21,22). The minimum absolute atomic E-state index is 0.245. The molecule has 1 heterocycles. The fourth-order valence-corrected chi connectivity index (χ4v) is 2.13. The number of halogens is 2. The first-order valence-electron chi connectivity index (χ1n) is 7.21. The Labute approximate surface area is 140 Å². The molecule has 2 aromatic rings. The number of benzene rings is 1. The zero-order valence-corrected chi connectivity index (χ0v) is 14.3. The summed E-state index contributed by atoms with van der Waals surface area (Å²) in [6.45, 7) is 6.16. The van der Waals surface area contributed by atoms with Gasteiger partial charge in [-0.15, -0.1) is 0 Å². The van der Waals surface area contributed by atoms with Gasteiger partial charge in [0.2, 0.25) is 11.9 Å². The van der Waals surface area contributed by atoms with E-state index in [2.05, 4.69) is 32.5 Å². The summed E-state index contributed by atoms with van der Waals surface area (Å²) < 4.78 is 0. The van der Waals surface area contributed by atoms with Crippen LogP contribution in [0.15, 0.2) is 18.2 Å². The third-order valence-corrected chi connectivity index (χ3v) is 3.49. The van der Waals surface area contributed by atoms with Crippen molar-refractivity contribution in [1.29, 1.82) is 0 Å². The summed E-state index contributed by atoms with van der Waals surface area (Å²) in [5.74, 6) is 1.80. The highest BCUT2D eigenvalue weighted by Crippen LogP contribution is 2.26. The van der Waals surface area contributed by atoms with Crippen LogP contribution in [0.3, 0.4) is 0 Å². The normalized spacial score (nSPS) is 10.8. The Morgan fingerprint density at radius 2 is 1.77 bits per heavy atom. The fourth-order valence-electron chi connectivity index (χ4n) is 1.84. The van der Waals surface area contributed by atoms with E-state index < -0.39 is 0 Å². The third kappa shape index (κ3) is 4.71. The molecule has 0 bridgehead atoms. The van der Waals surface area contributed by atoms with Crippen LogP contribution in [0.1, 0.15) is 33.0 Å². The van der Waals surface area contributed by atoms with Crippen molar-refractivity contribution in [3.63, 3.8) is 0 Å². The predicted octanol–water partition coefficient (Wildman–Crippen LogP) is 4.69. The van der Waals surface area contributed by atoms with Crippen LogP contribution in [0.2, 0.25) is 10.0 Å². The van der Waals surface area contributed by atoms with Crippen molar-refractivity contribution in [3.05, 3.63) is 34.1 Å². The summed E-state index contributed by atoms with van der Waals surface area (Å²) in [6.07, 6.45) is 1.77. The number of anilines is 3. The minimum Gasteiger partial charge on any atom is -0.352 e. The SMILES string of the molecule is CCCc1nc(Nc2ccc(Cl)c(Cl)c2)nc(NC(C)C)n1. The summed E-state index contributed by atoms with van der Waals surface area (Å²) in [7, 11) is 0. The second-order valence-electron chi connectivity index (χ2n) is 5.20. The zero-order valence-electron chi connectivity index (χ0n) is 12.8. The number of hydrogen-bond acceptors (Lipinski definition) is 5. The molecule has 118 valence electrons. The van der Waals surface area contributed by atoms with Gasteiger partial charge in [0, 0.05) is 18.2 Å². The van der Waals surface area contributed by atoms with Gasteiger partial charge in [-0.05, 0) is 38.5 Å². The minimum atomic E-state index is 0.245. The lowest BCUT2D eigenvalue weighted by Gasteiger charge is -2.12. The number of rotatable bonds is 6. The average Bonchev–Trinajstić information content (AvgIpc) is 2.42. The molecule has 0 radical (unpaired) electrons. The Kier molecular flexibility index (Phi) is 5.80. The van der Waals surface area contributed by atoms with Crippen molar-refractivity contribution in [2.24, 2.45) is 0 Å². The van der Waals surface area contributed by atoms with Crippen LogP contribution in [0.5, 0.6) is 0 Å². The summed E-state index contributed by atoms with van der Waals surface area (Å²) >= 11 is 11.9. The van der Waals surface area contributed by atoms with Crippen LogP contribution >= 0.6 is 23.2 Å². The summed E-state index contributed by atoms with van der Waals surface area (Å²) in [6, 6.07) is 5.54. The number of aromatic nitrogens is 3. The van der Waals surface area contributed by atoms with Gasteiger partial charge in [0.1, 0.15) is 5.82 Å². The van der Waals surface area contributed by atoms with Gasteiger partial charge in [-0.2, -0.15) is 15.0 Å². The van der Waals surface area contributed by atoms with E-state index in [1.165, 1.54) is 0 Å². The Balaban J connectivity index is 2.27. The molecule has 0 spiro atoms. The molecule has 1 aromatic carbocycles. The maximum absolute atomic E-state index is 6.02. The van der Waals surface area contributed by atoms with Gasteiger partial charge >= 0.3 is 0 Å².